The van der Waals surface area contributed by atoms with Crippen LogP contribution in [0.25, 0.3) is 0 Å². The average Bonchev–Trinajstić information content (AvgIpc) is 2.76. The highest BCUT2D eigenvalue weighted by molar-refractivity contribution is 5.77. The smallest absolute Gasteiger partial charge is 0.302 e. The molecule has 0 aromatic heterocycles. The third-order valence-electron chi connectivity index (χ3n) is 2.07. The van der Waals surface area contributed by atoms with E-state index in [1.165, 1.54) is 14.0 Å². The fourth-order valence-corrected chi connectivity index (χ4v) is 1.01. The van der Waals surface area contributed by atoms with Gasteiger partial charge in [-0.2, -0.15) is 0 Å². The molecule has 7 heteroatoms. The molecule has 0 saturated carbocycles. The summed E-state index contributed by atoms with van der Waals surface area (Å²) in [4.78, 5) is 21.9. The number of hydrogen-bond acceptors (Lipinski definition) is 6. The van der Waals surface area contributed by atoms with Crippen molar-refractivity contribution < 1.29 is 29.3 Å². The molecule has 1 saturated heterocycles. The molecule has 114 valence electrons. The summed E-state index contributed by atoms with van der Waals surface area (Å²) in [6.07, 6.45) is 1.81. The number of amides is 1. The second kappa shape index (κ2) is 14.9. The Morgan fingerprint density at radius 2 is 1.79 bits per heavy atom. The molecule has 0 aromatic rings. The van der Waals surface area contributed by atoms with Crippen molar-refractivity contribution in [3.05, 3.63) is 0 Å². The Bertz CT molecular complexity index is 230. The Morgan fingerprint density at radius 1 is 1.32 bits per heavy atom. The normalized spacial score (nSPS) is 13.1. The topological polar surface area (TPSA) is 96.3 Å². The van der Waals surface area contributed by atoms with E-state index in [9.17, 15) is 9.59 Å². The Labute approximate surface area is 114 Å². The van der Waals surface area contributed by atoms with E-state index >= 15 is 0 Å². The van der Waals surface area contributed by atoms with Crippen molar-refractivity contribution in [1.82, 2.24) is 4.90 Å². The summed E-state index contributed by atoms with van der Waals surface area (Å²) >= 11 is 0. The van der Waals surface area contributed by atoms with Gasteiger partial charge in [0.15, 0.2) is 0 Å². The summed E-state index contributed by atoms with van der Waals surface area (Å²) in [7, 11) is 3.19. The minimum Gasteiger partial charge on any atom is -0.469 e. The number of ether oxygens (including phenoxy) is 2. The van der Waals surface area contributed by atoms with Crippen LogP contribution >= 0.6 is 0 Å². The van der Waals surface area contributed by atoms with Gasteiger partial charge in [0.1, 0.15) is 0 Å². The zero-order chi connectivity index (χ0) is 15.1. The summed E-state index contributed by atoms with van der Waals surface area (Å²) in [5.74, 6) is 0.0463. The first kappa shape index (κ1) is 20.1. The van der Waals surface area contributed by atoms with E-state index in [-0.39, 0.29) is 19.2 Å². The monoisotopic (exact) mass is 279 g/mol. The lowest BCUT2D eigenvalue weighted by molar-refractivity contribution is -0.138. The molecule has 1 aliphatic rings. The number of hydrogen-bond donors (Lipinski definition) is 2. The van der Waals surface area contributed by atoms with E-state index in [1.807, 2.05) is 7.05 Å². The van der Waals surface area contributed by atoms with Crippen LogP contribution in [0.5, 0.6) is 0 Å². The molecule has 0 unspecified atom stereocenters. The number of likely N-dealkylation sites (tertiary alicyclic amines) is 1. The van der Waals surface area contributed by atoms with Crippen molar-refractivity contribution in [2.75, 3.05) is 47.1 Å². The van der Waals surface area contributed by atoms with Crippen LogP contribution in [0.3, 0.4) is 0 Å². The molecule has 2 N–H and O–H groups in total. The maximum Gasteiger partial charge on any atom is 0.302 e. The molecule has 0 aromatic carbocycles. The van der Waals surface area contributed by atoms with Crippen LogP contribution in [0.2, 0.25) is 0 Å². The molecule has 1 amide bonds. The predicted molar refractivity (Wildman–Crippen MR) is 69.6 cm³/mol. The number of aliphatic hydroxyl groups is 2. The fourth-order valence-electron chi connectivity index (χ4n) is 1.01. The van der Waals surface area contributed by atoms with Crippen LogP contribution in [0, 0.1) is 0 Å². The number of esters is 1. The minimum absolute atomic E-state index is 0.0278. The highest BCUT2D eigenvalue weighted by atomic mass is 16.5. The zero-order valence-electron chi connectivity index (χ0n) is 11.9. The SMILES string of the molecule is CN1CCCC1=O.COC(C)=O.OCCOCCO. The number of aliphatic hydroxyl groups excluding tert-OH is 2. The van der Waals surface area contributed by atoms with Crippen molar-refractivity contribution in [1.29, 1.82) is 0 Å². The van der Waals surface area contributed by atoms with E-state index in [0.29, 0.717) is 19.1 Å². The third-order valence-corrected chi connectivity index (χ3v) is 2.07. The lowest BCUT2D eigenvalue weighted by Crippen LogP contribution is -2.17. The Balaban J connectivity index is 0. The Morgan fingerprint density at radius 3 is 1.95 bits per heavy atom. The molecule has 0 radical (unpaired) electrons. The van der Waals surface area contributed by atoms with E-state index in [2.05, 4.69) is 9.47 Å². The van der Waals surface area contributed by atoms with Gasteiger partial charge in [0.05, 0.1) is 33.5 Å². The van der Waals surface area contributed by atoms with Crippen LogP contribution in [-0.2, 0) is 19.1 Å². The molecule has 0 bridgehead atoms. The molecular formula is C12H25NO6. The van der Waals surface area contributed by atoms with Gasteiger partial charge in [0.25, 0.3) is 0 Å². The van der Waals surface area contributed by atoms with Gasteiger partial charge in [0.2, 0.25) is 5.91 Å². The standard InChI is InChI=1S/C5H9NO.C4H10O3.C3H6O2/c1-6-4-2-3-5(6)7;5-1-3-7-4-2-6;1-3(4)5-2/h2-4H2,1H3;5-6H,1-4H2;1-2H3. The summed E-state index contributed by atoms with van der Waals surface area (Å²) in [5.41, 5.74) is 0. The zero-order valence-corrected chi connectivity index (χ0v) is 11.9. The first-order valence-corrected chi connectivity index (χ1v) is 6.07. The van der Waals surface area contributed by atoms with E-state index < -0.39 is 0 Å². The van der Waals surface area contributed by atoms with Crippen LogP contribution in [0.15, 0.2) is 0 Å². The van der Waals surface area contributed by atoms with E-state index in [1.54, 1.807) is 4.90 Å². The highest BCUT2D eigenvalue weighted by Gasteiger charge is 2.14. The quantitative estimate of drug-likeness (QED) is 0.527. The van der Waals surface area contributed by atoms with Crippen molar-refractivity contribution in [3.63, 3.8) is 0 Å². The van der Waals surface area contributed by atoms with Gasteiger partial charge in [-0.15, -0.1) is 0 Å². The van der Waals surface area contributed by atoms with Crippen molar-refractivity contribution in [2.24, 2.45) is 0 Å². The van der Waals surface area contributed by atoms with Crippen molar-refractivity contribution in [2.45, 2.75) is 19.8 Å². The van der Waals surface area contributed by atoms with Crippen LogP contribution in [0.4, 0.5) is 0 Å². The molecule has 1 rings (SSSR count). The molecular weight excluding hydrogens is 254 g/mol. The molecule has 0 aliphatic carbocycles. The minimum atomic E-state index is -0.245. The van der Waals surface area contributed by atoms with Crippen LogP contribution in [-0.4, -0.2) is 74.1 Å². The summed E-state index contributed by atoms with van der Waals surface area (Å²) in [5, 5.41) is 16.2. The molecule has 1 fully saturated rings. The molecule has 1 heterocycles. The van der Waals surface area contributed by atoms with Gasteiger partial charge in [-0.25, -0.2) is 0 Å². The van der Waals surface area contributed by atoms with Gasteiger partial charge in [0, 0.05) is 26.9 Å². The third kappa shape index (κ3) is 16.8. The lowest BCUT2D eigenvalue weighted by Gasteiger charge is -2.03. The Hall–Kier alpha value is -1.18. The fraction of sp³-hybridized carbons (Fsp3) is 0.833. The molecule has 19 heavy (non-hydrogen) atoms. The van der Waals surface area contributed by atoms with Gasteiger partial charge in [-0.05, 0) is 6.42 Å². The Kier molecular flexibility index (Phi) is 15.8. The highest BCUT2D eigenvalue weighted by Crippen LogP contribution is 2.04. The maximum atomic E-state index is 10.5. The first-order valence-electron chi connectivity index (χ1n) is 6.07. The summed E-state index contributed by atoms with van der Waals surface area (Å²) in [6.45, 7) is 3.01. The molecule has 0 atom stereocenters. The van der Waals surface area contributed by atoms with E-state index in [0.717, 1.165) is 19.4 Å². The largest absolute Gasteiger partial charge is 0.469 e. The maximum absolute atomic E-state index is 10.5. The molecule has 7 nitrogen and oxygen atoms in total. The number of carbonyl (C=O) groups excluding carboxylic acids is 2. The van der Waals surface area contributed by atoms with Crippen LogP contribution < -0.4 is 0 Å². The lowest BCUT2D eigenvalue weighted by atomic mass is 10.4. The average molecular weight is 279 g/mol. The van der Waals surface area contributed by atoms with Crippen molar-refractivity contribution >= 4 is 11.9 Å². The number of rotatable bonds is 4. The van der Waals surface area contributed by atoms with Crippen LogP contribution in [0.1, 0.15) is 19.8 Å². The second-order valence-electron chi connectivity index (χ2n) is 3.67. The second-order valence-corrected chi connectivity index (χ2v) is 3.67. The van der Waals surface area contributed by atoms with Gasteiger partial charge in [-0.1, -0.05) is 0 Å². The molecule has 1 aliphatic heterocycles. The summed E-state index contributed by atoms with van der Waals surface area (Å²) in [6, 6.07) is 0. The van der Waals surface area contributed by atoms with Gasteiger partial charge in [-0.3, -0.25) is 9.59 Å². The van der Waals surface area contributed by atoms with Crippen molar-refractivity contribution in [3.8, 4) is 0 Å². The molecule has 0 spiro atoms. The van der Waals surface area contributed by atoms with Gasteiger partial charge >= 0.3 is 5.97 Å². The first-order chi connectivity index (χ1) is 8.99. The van der Waals surface area contributed by atoms with Gasteiger partial charge < -0.3 is 24.6 Å². The number of methoxy groups -OCH3 is 1. The summed E-state index contributed by atoms with van der Waals surface area (Å²) < 4.78 is 8.74. The van der Waals surface area contributed by atoms with E-state index in [4.69, 9.17) is 10.2 Å². The predicted octanol–water partition coefficient (Wildman–Crippen LogP) is -0.594. The number of nitrogens with zero attached hydrogens (tertiary/aromatic N) is 1. The number of carbonyl (C=O) groups is 2.